The fourth-order valence-corrected chi connectivity index (χ4v) is 3.80. The molecule has 1 N–H and O–H groups in total. The molecule has 0 bridgehead atoms. The number of benzene rings is 2. The zero-order valence-electron chi connectivity index (χ0n) is 19.4. The summed E-state index contributed by atoms with van der Waals surface area (Å²) < 4.78 is 14.0. The van der Waals surface area contributed by atoms with Gasteiger partial charge < -0.3 is 19.4 Å². The molecule has 1 amide bonds. The molecule has 34 heavy (non-hydrogen) atoms. The van der Waals surface area contributed by atoms with Crippen LogP contribution in [0.3, 0.4) is 0 Å². The molecule has 176 valence electrons. The monoisotopic (exact) mass is 461 g/mol. The van der Waals surface area contributed by atoms with Crippen molar-refractivity contribution in [3.63, 3.8) is 0 Å². The van der Waals surface area contributed by atoms with E-state index in [1.807, 2.05) is 42.0 Å². The average molecular weight is 462 g/mol. The smallest absolute Gasteiger partial charge is 0.261 e. The number of imidazole rings is 1. The minimum Gasteiger partial charge on any atom is -0.493 e. The van der Waals surface area contributed by atoms with Crippen LogP contribution < -0.4 is 20.3 Å². The van der Waals surface area contributed by atoms with Gasteiger partial charge in [-0.3, -0.25) is 14.2 Å². The van der Waals surface area contributed by atoms with Gasteiger partial charge in [0, 0.05) is 37.1 Å². The van der Waals surface area contributed by atoms with Gasteiger partial charge in [0.1, 0.15) is 0 Å². The number of methoxy groups -OCH3 is 2. The Hall–Kier alpha value is -4.14. The second-order valence-electron chi connectivity index (χ2n) is 7.92. The van der Waals surface area contributed by atoms with Crippen LogP contribution in [0.15, 0.2) is 66.2 Å². The van der Waals surface area contributed by atoms with Crippen molar-refractivity contribution in [2.45, 2.75) is 32.4 Å². The van der Waals surface area contributed by atoms with Crippen LogP contribution in [0.25, 0.3) is 16.6 Å². The fourth-order valence-electron chi connectivity index (χ4n) is 3.80. The van der Waals surface area contributed by atoms with Crippen LogP contribution in [-0.2, 0) is 11.3 Å². The largest absolute Gasteiger partial charge is 0.493 e. The maximum absolute atomic E-state index is 12.9. The minimum atomic E-state index is -0.183. The van der Waals surface area contributed by atoms with Crippen LogP contribution >= 0.6 is 0 Å². The Kier molecular flexibility index (Phi) is 6.91. The number of rotatable bonds is 9. The molecule has 0 aliphatic rings. The van der Waals surface area contributed by atoms with E-state index in [0.29, 0.717) is 41.8 Å². The highest BCUT2D eigenvalue weighted by Gasteiger charge is 2.13. The number of aryl methyl sites for hydroxylation is 1. The molecule has 0 aliphatic carbocycles. The molecule has 0 saturated carbocycles. The van der Waals surface area contributed by atoms with Crippen molar-refractivity contribution in [1.82, 2.24) is 24.4 Å². The number of ether oxygens (including phenoxy) is 2. The van der Waals surface area contributed by atoms with Gasteiger partial charge in [-0.05, 0) is 37.1 Å². The number of carbonyl (C=O) groups is 1. The highest BCUT2D eigenvalue weighted by atomic mass is 16.5. The Labute approximate surface area is 197 Å². The van der Waals surface area contributed by atoms with Crippen LogP contribution in [0.5, 0.6) is 11.5 Å². The van der Waals surface area contributed by atoms with Gasteiger partial charge in [0.05, 0.1) is 43.8 Å². The zero-order valence-corrected chi connectivity index (χ0v) is 19.4. The summed E-state index contributed by atoms with van der Waals surface area (Å²) in [6.07, 6.45) is 7.66. The molecule has 0 spiro atoms. The third-order valence-electron chi connectivity index (χ3n) is 5.71. The summed E-state index contributed by atoms with van der Waals surface area (Å²) in [4.78, 5) is 33.7. The number of hydrogen-bond acceptors (Lipinski definition) is 6. The molecule has 2 heterocycles. The molecule has 1 unspecified atom stereocenters. The van der Waals surface area contributed by atoms with Gasteiger partial charge in [-0.1, -0.05) is 12.1 Å². The summed E-state index contributed by atoms with van der Waals surface area (Å²) in [5.41, 5.74) is 2.36. The van der Waals surface area contributed by atoms with Crippen molar-refractivity contribution in [3.8, 4) is 17.2 Å². The van der Waals surface area contributed by atoms with Crippen LogP contribution in [0.4, 0.5) is 0 Å². The van der Waals surface area contributed by atoms with Gasteiger partial charge in [0.15, 0.2) is 11.5 Å². The SMILES string of the molecule is COc1cc2ncn(CCCC(=O)NC(C)c3ccc(-n4ccnc4)cc3)c(=O)c2cc1OC. The topological polar surface area (TPSA) is 100 Å². The predicted octanol–water partition coefficient (Wildman–Crippen LogP) is 3.26. The highest BCUT2D eigenvalue weighted by Crippen LogP contribution is 2.29. The molecule has 0 aliphatic heterocycles. The van der Waals surface area contributed by atoms with E-state index in [1.165, 1.54) is 25.1 Å². The van der Waals surface area contributed by atoms with E-state index in [1.54, 1.807) is 24.7 Å². The van der Waals surface area contributed by atoms with Crippen LogP contribution in [-0.4, -0.2) is 39.2 Å². The number of aromatic nitrogens is 4. The summed E-state index contributed by atoms with van der Waals surface area (Å²) in [6.45, 7) is 2.33. The summed E-state index contributed by atoms with van der Waals surface area (Å²) in [5.74, 6) is 0.916. The number of fused-ring (bicyclic) bond motifs is 1. The molecule has 9 heteroatoms. The molecule has 4 rings (SSSR count). The van der Waals surface area contributed by atoms with E-state index in [2.05, 4.69) is 15.3 Å². The number of hydrogen-bond donors (Lipinski definition) is 1. The number of nitrogens with zero attached hydrogens (tertiary/aromatic N) is 4. The summed E-state index contributed by atoms with van der Waals surface area (Å²) in [6, 6.07) is 11.1. The Morgan fingerprint density at radius 2 is 1.82 bits per heavy atom. The summed E-state index contributed by atoms with van der Waals surface area (Å²) >= 11 is 0. The quantitative estimate of drug-likeness (QED) is 0.411. The molecular weight excluding hydrogens is 434 g/mol. The maximum Gasteiger partial charge on any atom is 0.261 e. The normalized spacial score (nSPS) is 11.9. The molecule has 1 atom stereocenters. The third kappa shape index (κ3) is 4.93. The van der Waals surface area contributed by atoms with E-state index in [4.69, 9.17) is 9.47 Å². The van der Waals surface area contributed by atoms with Crippen LogP contribution in [0.2, 0.25) is 0 Å². The van der Waals surface area contributed by atoms with E-state index in [0.717, 1.165) is 11.3 Å². The van der Waals surface area contributed by atoms with Crippen LogP contribution in [0, 0.1) is 0 Å². The van der Waals surface area contributed by atoms with E-state index in [-0.39, 0.29) is 17.5 Å². The van der Waals surface area contributed by atoms with Gasteiger partial charge in [0.25, 0.3) is 5.56 Å². The van der Waals surface area contributed by atoms with Gasteiger partial charge in [-0.2, -0.15) is 0 Å². The molecule has 2 aromatic heterocycles. The Morgan fingerprint density at radius 1 is 1.09 bits per heavy atom. The van der Waals surface area contributed by atoms with E-state index in [9.17, 15) is 9.59 Å². The second kappa shape index (κ2) is 10.2. The number of nitrogens with one attached hydrogen (secondary N) is 1. The van der Waals surface area contributed by atoms with E-state index < -0.39 is 0 Å². The molecule has 4 aromatic rings. The molecular formula is C25H27N5O4. The lowest BCUT2D eigenvalue weighted by Crippen LogP contribution is -2.27. The van der Waals surface area contributed by atoms with Gasteiger partial charge in [-0.15, -0.1) is 0 Å². The third-order valence-corrected chi connectivity index (χ3v) is 5.71. The summed E-state index contributed by atoms with van der Waals surface area (Å²) in [7, 11) is 3.06. The maximum atomic E-state index is 12.9. The Balaban J connectivity index is 1.34. The average Bonchev–Trinajstić information content (AvgIpc) is 3.40. The van der Waals surface area contributed by atoms with Gasteiger partial charge >= 0.3 is 0 Å². The first-order valence-electron chi connectivity index (χ1n) is 11.0. The zero-order chi connectivity index (χ0) is 24.1. The standard InChI is InChI=1S/C25H27N5O4/c1-17(18-6-8-19(9-7-18)29-12-10-26-15-29)28-24(31)5-4-11-30-16-27-21-14-23(34-3)22(33-2)13-20(21)25(30)32/h6-10,12-17H,4-5,11H2,1-3H3,(H,28,31). The highest BCUT2D eigenvalue weighted by molar-refractivity contribution is 5.81. The van der Waals surface area contributed by atoms with Crippen molar-refractivity contribution in [1.29, 1.82) is 0 Å². The van der Waals surface area contributed by atoms with Gasteiger partial charge in [-0.25, -0.2) is 9.97 Å². The first kappa shape index (κ1) is 23.0. The van der Waals surface area contributed by atoms with Crippen LogP contribution in [0.1, 0.15) is 31.4 Å². The fraction of sp³-hybridized carbons (Fsp3) is 0.280. The minimum absolute atomic E-state index is 0.0700. The Morgan fingerprint density at radius 3 is 2.50 bits per heavy atom. The lowest BCUT2D eigenvalue weighted by Gasteiger charge is -2.15. The van der Waals surface area contributed by atoms with Gasteiger partial charge in [0.2, 0.25) is 5.91 Å². The van der Waals surface area contributed by atoms with E-state index >= 15 is 0 Å². The lowest BCUT2D eigenvalue weighted by molar-refractivity contribution is -0.121. The van der Waals surface area contributed by atoms with Crippen molar-refractivity contribution < 1.29 is 14.3 Å². The first-order valence-corrected chi connectivity index (χ1v) is 11.0. The number of amides is 1. The molecule has 0 radical (unpaired) electrons. The molecule has 0 fully saturated rings. The predicted molar refractivity (Wildman–Crippen MR) is 128 cm³/mol. The van der Waals surface area contributed by atoms with Crippen molar-refractivity contribution in [2.24, 2.45) is 0 Å². The molecule has 2 aromatic carbocycles. The Bertz CT molecular complexity index is 1330. The van der Waals surface area contributed by atoms with Crippen molar-refractivity contribution in [2.75, 3.05) is 14.2 Å². The molecule has 9 nitrogen and oxygen atoms in total. The lowest BCUT2D eigenvalue weighted by atomic mass is 10.1. The van der Waals surface area contributed by atoms with Crippen molar-refractivity contribution in [3.05, 3.63) is 77.4 Å². The molecule has 0 saturated heterocycles. The summed E-state index contributed by atoms with van der Waals surface area (Å²) in [5, 5.41) is 3.46. The second-order valence-corrected chi connectivity index (χ2v) is 7.92. The number of carbonyl (C=O) groups excluding carboxylic acids is 1. The van der Waals surface area contributed by atoms with Crippen molar-refractivity contribution >= 4 is 16.8 Å². The first-order chi connectivity index (χ1) is 16.5.